The van der Waals surface area contributed by atoms with Crippen molar-refractivity contribution in [3.63, 3.8) is 0 Å². The average molecular weight is 393 g/mol. The Balaban J connectivity index is 1.87. The number of aryl methyl sites for hydroxylation is 1. The third-order valence-corrected chi connectivity index (χ3v) is 4.92. The maximum absolute atomic E-state index is 12.1. The summed E-state index contributed by atoms with van der Waals surface area (Å²) in [4.78, 5) is 25.1. The van der Waals surface area contributed by atoms with Crippen molar-refractivity contribution in [3.05, 3.63) is 64.1 Å². The van der Waals surface area contributed by atoms with Crippen molar-refractivity contribution < 1.29 is 9.59 Å². The highest BCUT2D eigenvalue weighted by Gasteiger charge is 2.16. The first-order valence-corrected chi connectivity index (χ1v) is 8.72. The highest BCUT2D eigenvalue weighted by Crippen LogP contribution is 2.23. The highest BCUT2D eigenvalue weighted by atomic mass is 79.9. The van der Waals surface area contributed by atoms with E-state index in [0.29, 0.717) is 10.0 Å². The molecule has 6 heteroatoms. The van der Waals surface area contributed by atoms with Crippen molar-refractivity contribution in [3.8, 4) is 0 Å². The lowest BCUT2D eigenvalue weighted by Crippen LogP contribution is -2.45. The first-order chi connectivity index (χ1) is 11.0. The molecule has 0 unspecified atom stereocenters. The van der Waals surface area contributed by atoms with Gasteiger partial charge in [-0.1, -0.05) is 29.8 Å². The zero-order valence-corrected chi connectivity index (χ0v) is 15.2. The minimum Gasteiger partial charge on any atom is -0.272 e. The van der Waals surface area contributed by atoms with Gasteiger partial charge in [0.1, 0.15) is 0 Å². The normalized spacial score (nSPS) is 11.6. The lowest BCUT2D eigenvalue weighted by Gasteiger charge is -2.13. The Morgan fingerprint density at radius 1 is 1.04 bits per heavy atom. The SMILES string of the molecule is Cc1ccc(S[C@@H](C)C(=O)NNC(=O)c2ccccc2Br)cc1. The van der Waals surface area contributed by atoms with E-state index in [0.717, 1.165) is 4.90 Å². The van der Waals surface area contributed by atoms with E-state index in [1.54, 1.807) is 25.1 Å². The number of hydrazine groups is 1. The quantitative estimate of drug-likeness (QED) is 0.615. The van der Waals surface area contributed by atoms with Crippen LogP contribution in [0.25, 0.3) is 0 Å². The van der Waals surface area contributed by atoms with Gasteiger partial charge in [-0.05, 0) is 54.0 Å². The van der Waals surface area contributed by atoms with Crippen LogP contribution in [-0.4, -0.2) is 17.1 Å². The number of benzene rings is 2. The van der Waals surface area contributed by atoms with Crippen molar-refractivity contribution in [2.45, 2.75) is 24.0 Å². The summed E-state index contributed by atoms with van der Waals surface area (Å²) >= 11 is 4.74. The van der Waals surface area contributed by atoms with Gasteiger partial charge in [0.2, 0.25) is 0 Å². The predicted molar refractivity (Wildman–Crippen MR) is 96.2 cm³/mol. The van der Waals surface area contributed by atoms with E-state index >= 15 is 0 Å². The van der Waals surface area contributed by atoms with Crippen molar-refractivity contribution in [1.82, 2.24) is 10.9 Å². The molecule has 2 rings (SSSR count). The smallest absolute Gasteiger partial charge is 0.270 e. The zero-order chi connectivity index (χ0) is 16.8. The third-order valence-electron chi connectivity index (χ3n) is 3.12. The van der Waals surface area contributed by atoms with Crippen molar-refractivity contribution in [2.24, 2.45) is 0 Å². The maximum Gasteiger partial charge on any atom is 0.270 e. The van der Waals surface area contributed by atoms with Crippen LogP contribution >= 0.6 is 27.7 Å². The first-order valence-electron chi connectivity index (χ1n) is 7.05. The molecule has 2 aromatic carbocycles. The molecule has 0 aliphatic heterocycles. The van der Waals surface area contributed by atoms with Crippen molar-refractivity contribution in [2.75, 3.05) is 0 Å². The minimum absolute atomic E-state index is 0.254. The van der Waals surface area contributed by atoms with Crippen molar-refractivity contribution in [1.29, 1.82) is 0 Å². The van der Waals surface area contributed by atoms with Crippen LogP contribution in [0, 0.1) is 6.92 Å². The Morgan fingerprint density at radius 2 is 1.70 bits per heavy atom. The Kier molecular flexibility index (Phi) is 6.24. The van der Waals surface area contributed by atoms with Gasteiger partial charge in [-0.25, -0.2) is 0 Å². The van der Waals surface area contributed by atoms with Gasteiger partial charge in [0.25, 0.3) is 11.8 Å². The Bertz CT molecular complexity index is 704. The molecule has 0 radical (unpaired) electrons. The molecule has 0 spiro atoms. The molecule has 1 atom stereocenters. The third kappa shape index (κ3) is 5.11. The molecule has 0 aromatic heterocycles. The molecule has 2 aromatic rings. The van der Waals surface area contributed by atoms with Crippen LogP contribution in [0.4, 0.5) is 0 Å². The van der Waals surface area contributed by atoms with Gasteiger partial charge in [0, 0.05) is 9.37 Å². The number of thioether (sulfide) groups is 1. The van der Waals surface area contributed by atoms with E-state index in [4.69, 9.17) is 0 Å². The topological polar surface area (TPSA) is 58.2 Å². The van der Waals surface area contributed by atoms with Crippen LogP contribution in [0.3, 0.4) is 0 Å². The Morgan fingerprint density at radius 3 is 2.35 bits per heavy atom. The number of rotatable bonds is 4. The maximum atomic E-state index is 12.1. The van der Waals surface area contributed by atoms with E-state index < -0.39 is 0 Å². The molecule has 0 aliphatic rings. The number of amides is 2. The summed E-state index contributed by atoms with van der Waals surface area (Å²) in [7, 11) is 0. The number of hydrogen-bond acceptors (Lipinski definition) is 3. The molecule has 0 bridgehead atoms. The fourth-order valence-corrected chi connectivity index (χ4v) is 3.14. The number of carbonyl (C=O) groups excluding carboxylic acids is 2. The van der Waals surface area contributed by atoms with Gasteiger partial charge < -0.3 is 0 Å². The second kappa shape index (κ2) is 8.17. The predicted octanol–water partition coefficient (Wildman–Crippen LogP) is 3.70. The van der Waals surface area contributed by atoms with E-state index in [-0.39, 0.29) is 17.1 Å². The second-order valence-corrected chi connectivity index (χ2v) is 7.26. The molecule has 23 heavy (non-hydrogen) atoms. The van der Waals surface area contributed by atoms with E-state index in [2.05, 4.69) is 26.8 Å². The molecule has 2 N–H and O–H groups in total. The summed E-state index contributed by atoms with van der Waals surface area (Å²) < 4.78 is 0.675. The number of hydrogen-bond donors (Lipinski definition) is 2. The summed E-state index contributed by atoms with van der Waals surface area (Å²) in [6.07, 6.45) is 0. The summed E-state index contributed by atoms with van der Waals surface area (Å²) in [5.41, 5.74) is 6.53. The highest BCUT2D eigenvalue weighted by molar-refractivity contribution is 9.10. The van der Waals surface area contributed by atoms with Crippen molar-refractivity contribution >= 4 is 39.5 Å². The fourth-order valence-electron chi connectivity index (χ4n) is 1.81. The summed E-state index contributed by atoms with van der Waals surface area (Å²) in [5.74, 6) is -0.616. The van der Waals surface area contributed by atoms with Crippen LogP contribution in [-0.2, 0) is 4.79 Å². The standard InChI is InChI=1S/C17H17BrN2O2S/c1-11-7-9-13(10-8-11)23-12(2)16(21)19-20-17(22)14-5-3-4-6-15(14)18/h3-10,12H,1-2H3,(H,19,21)(H,20,22)/t12-/m0/s1. The molecule has 120 valence electrons. The zero-order valence-electron chi connectivity index (χ0n) is 12.8. The van der Waals surface area contributed by atoms with E-state index in [1.807, 2.05) is 37.3 Å². The molecule has 0 fully saturated rings. The number of nitrogens with one attached hydrogen (secondary N) is 2. The molecular weight excluding hydrogens is 376 g/mol. The first kappa shape index (κ1) is 17.6. The molecule has 0 heterocycles. The molecule has 0 saturated heterocycles. The monoisotopic (exact) mass is 392 g/mol. The van der Waals surface area contributed by atoms with Crippen LogP contribution in [0.1, 0.15) is 22.8 Å². The van der Waals surface area contributed by atoms with E-state index in [9.17, 15) is 9.59 Å². The summed E-state index contributed by atoms with van der Waals surface area (Å²) in [5, 5.41) is -0.322. The Labute approximate surface area is 148 Å². The lowest BCUT2D eigenvalue weighted by molar-refractivity contribution is -0.121. The Hall–Kier alpha value is -1.79. The van der Waals surface area contributed by atoms with Gasteiger partial charge in [0.15, 0.2) is 0 Å². The van der Waals surface area contributed by atoms with E-state index in [1.165, 1.54) is 17.3 Å². The van der Waals surface area contributed by atoms with Gasteiger partial charge in [-0.2, -0.15) is 0 Å². The molecule has 0 aliphatic carbocycles. The van der Waals surface area contributed by atoms with Gasteiger partial charge in [0.05, 0.1) is 10.8 Å². The van der Waals surface area contributed by atoms with Gasteiger partial charge >= 0.3 is 0 Å². The average Bonchev–Trinajstić information content (AvgIpc) is 2.54. The molecule has 2 amide bonds. The number of carbonyl (C=O) groups is 2. The molecular formula is C17H17BrN2O2S. The molecule has 0 saturated carbocycles. The van der Waals surface area contributed by atoms with Crippen LogP contribution in [0.15, 0.2) is 57.9 Å². The van der Waals surface area contributed by atoms with Gasteiger partial charge in [-0.3, -0.25) is 20.4 Å². The summed E-state index contributed by atoms with van der Waals surface area (Å²) in [6, 6.07) is 15.0. The number of halogens is 1. The second-order valence-electron chi connectivity index (χ2n) is 5.00. The fraction of sp³-hybridized carbons (Fsp3) is 0.176. The lowest BCUT2D eigenvalue weighted by atomic mass is 10.2. The van der Waals surface area contributed by atoms with Gasteiger partial charge in [-0.15, -0.1) is 11.8 Å². The minimum atomic E-state index is -0.363. The summed E-state index contributed by atoms with van der Waals surface area (Å²) in [6.45, 7) is 3.81. The molecule has 4 nitrogen and oxygen atoms in total. The van der Waals surface area contributed by atoms with Crippen LogP contribution in [0.5, 0.6) is 0 Å². The van der Waals surface area contributed by atoms with Crippen LogP contribution < -0.4 is 10.9 Å². The largest absolute Gasteiger partial charge is 0.272 e. The van der Waals surface area contributed by atoms with Crippen LogP contribution in [0.2, 0.25) is 0 Å².